The Balaban J connectivity index is 1.90. The lowest BCUT2D eigenvalue weighted by molar-refractivity contribution is -0.114. The first kappa shape index (κ1) is 23.8. The first-order chi connectivity index (χ1) is 14.7. The van der Waals surface area contributed by atoms with Crippen molar-refractivity contribution in [3.63, 3.8) is 0 Å². The van der Waals surface area contributed by atoms with E-state index < -0.39 is 22.5 Å². The fraction of sp³-hybridized carbons (Fsp3) is 0.211. The number of anilines is 2. The Labute approximate surface area is 198 Å². The molecular weight excluding hydrogens is 499 g/mol. The molecule has 1 aromatic heterocycles. The molecule has 0 aliphatic rings. The van der Waals surface area contributed by atoms with Gasteiger partial charge in [0.05, 0.1) is 15.6 Å². The van der Waals surface area contributed by atoms with E-state index in [-0.39, 0.29) is 20.7 Å². The standard InChI is InChI=1S/C19H18Cl2N4O3S3/c1-12(2)29-19-24-23-18(30-19)22-17(26)11-25(16-9-8-13(20)10-15(16)21)31(27,28)14-6-4-3-5-7-14/h3-10,12H,11H2,1-2H3,(H,22,23,26). The molecule has 1 N–H and O–H groups in total. The van der Waals surface area contributed by atoms with Gasteiger partial charge in [0.1, 0.15) is 6.54 Å². The minimum absolute atomic E-state index is 0.0281. The van der Waals surface area contributed by atoms with Crippen molar-refractivity contribution >= 4 is 73.0 Å². The predicted octanol–water partition coefficient (Wildman–Crippen LogP) is 5.18. The lowest BCUT2D eigenvalue weighted by Crippen LogP contribution is -2.38. The number of thioether (sulfide) groups is 1. The third-order valence-electron chi connectivity index (χ3n) is 3.79. The van der Waals surface area contributed by atoms with E-state index in [9.17, 15) is 13.2 Å². The van der Waals surface area contributed by atoms with Crippen LogP contribution < -0.4 is 9.62 Å². The molecule has 0 saturated heterocycles. The molecule has 12 heteroatoms. The van der Waals surface area contributed by atoms with Crippen LogP contribution in [-0.4, -0.2) is 36.3 Å². The molecule has 7 nitrogen and oxygen atoms in total. The summed E-state index contributed by atoms with van der Waals surface area (Å²) in [4.78, 5) is 12.8. The van der Waals surface area contributed by atoms with Gasteiger partial charge >= 0.3 is 0 Å². The lowest BCUT2D eigenvalue weighted by Gasteiger charge is -2.24. The van der Waals surface area contributed by atoms with Gasteiger partial charge in [-0.1, -0.05) is 78.3 Å². The average molecular weight is 517 g/mol. The fourth-order valence-corrected chi connectivity index (χ4v) is 6.51. The smallest absolute Gasteiger partial charge is 0.264 e. The Bertz CT molecular complexity index is 1170. The SMILES string of the molecule is CC(C)Sc1nnc(NC(=O)CN(c2ccc(Cl)cc2Cl)S(=O)(=O)c2ccccc2)s1. The molecule has 0 unspecified atom stereocenters. The van der Waals surface area contributed by atoms with Crippen molar-refractivity contribution in [3.8, 4) is 0 Å². The van der Waals surface area contributed by atoms with Crippen molar-refractivity contribution in [1.29, 1.82) is 0 Å². The number of rotatable bonds is 8. The number of benzene rings is 2. The highest BCUT2D eigenvalue weighted by Crippen LogP contribution is 2.33. The average Bonchev–Trinajstić information content (AvgIpc) is 3.13. The summed E-state index contributed by atoms with van der Waals surface area (Å²) >= 11 is 15.0. The van der Waals surface area contributed by atoms with E-state index in [4.69, 9.17) is 23.2 Å². The first-order valence-corrected chi connectivity index (χ1v) is 12.9. The normalized spacial score (nSPS) is 11.5. The van der Waals surface area contributed by atoms with Crippen molar-refractivity contribution in [2.45, 2.75) is 28.3 Å². The highest BCUT2D eigenvalue weighted by molar-refractivity contribution is 8.01. The zero-order valence-corrected chi connectivity index (χ0v) is 20.4. The van der Waals surface area contributed by atoms with Crippen LogP contribution in [0.5, 0.6) is 0 Å². The molecule has 0 fully saturated rings. The van der Waals surface area contributed by atoms with E-state index in [1.807, 2.05) is 13.8 Å². The van der Waals surface area contributed by atoms with Gasteiger partial charge in [-0.15, -0.1) is 10.2 Å². The Morgan fingerprint density at radius 1 is 1.16 bits per heavy atom. The van der Waals surface area contributed by atoms with E-state index in [0.717, 1.165) is 4.31 Å². The number of hydrogen-bond donors (Lipinski definition) is 1. The van der Waals surface area contributed by atoms with Crippen LogP contribution in [0.2, 0.25) is 10.0 Å². The van der Waals surface area contributed by atoms with Crippen molar-refractivity contribution in [1.82, 2.24) is 10.2 Å². The fourth-order valence-electron chi connectivity index (χ4n) is 2.50. The monoisotopic (exact) mass is 516 g/mol. The first-order valence-electron chi connectivity index (χ1n) is 8.99. The summed E-state index contributed by atoms with van der Waals surface area (Å²) in [7, 11) is -4.08. The van der Waals surface area contributed by atoms with Crippen LogP contribution in [0.3, 0.4) is 0 Å². The second kappa shape index (κ2) is 10.2. The topological polar surface area (TPSA) is 92.3 Å². The van der Waals surface area contributed by atoms with Crippen molar-refractivity contribution in [3.05, 3.63) is 58.6 Å². The maximum absolute atomic E-state index is 13.3. The minimum atomic E-state index is -4.08. The van der Waals surface area contributed by atoms with Gasteiger partial charge in [-0.25, -0.2) is 8.42 Å². The van der Waals surface area contributed by atoms with Gasteiger partial charge in [0, 0.05) is 10.3 Å². The van der Waals surface area contributed by atoms with Gasteiger partial charge in [0.15, 0.2) is 4.34 Å². The molecule has 3 aromatic rings. The van der Waals surface area contributed by atoms with Crippen LogP contribution >= 0.6 is 46.3 Å². The zero-order chi connectivity index (χ0) is 22.6. The molecule has 0 saturated carbocycles. The number of carbonyl (C=O) groups excluding carboxylic acids is 1. The molecule has 0 bridgehead atoms. The Kier molecular flexibility index (Phi) is 7.82. The highest BCUT2D eigenvalue weighted by Gasteiger charge is 2.29. The molecule has 0 radical (unpaired) electrons. The summed E-state index contributed by atoms with van der Waals surface area (Å²) in [5.74, 6) is -0.581. The number of halogens is 2. The molecule has 2 aromatic carbocycles. The second-order valence-corrected chi connectivity index (χ2v) is 12.0. The number of sulfonamides is 1. The van der Waals surface area contributed by atoms with Crippen LogP contribution in [0.4, 0.5) is 10.8 Å². The maximum atomic E-state index is 13.3. The van der Waals surface area contributed by atoms with E-state index >= 15 is 0 Å². The summed E-state index contributed by atoms with van der Waals surface area (Å²) < 4.78 is 28.3. The Morgan fingerprint density at radius 3 is 2.52 bits per heavy atom. The third kappa shape index (κ3) is 6.11. The van der Waals surface area contributed by atoms with Crippen LogP contribution in [0.25, 0.3) is 0 Å². The predicted molar refractivity (Wildman–Crippen MR) is 127 cm³/mol. The van der Waals surface area contributed by atoms with Gasteiger partial charge in [0.25, 0.3) is 10.0 Å². The Morgan fingerprint density at radius 2 is 1.87 bits per heavy atom. The zero-order valence-electron chi connectivity index (χ0n) is 16.5. The summed E-state index contributed by atoms with van der Waals surface area (Å²) in [6.07, 6.45) is 0. The third-order valence-corrected chi connectivity index (χ3v) is 8.02. The summed E-state index contributed by atoms with van der Waals surface area (Å²) in [6.45, 7) is 3.53. The van der Waals surface area contributed by atoms with Crippen molar-refractivity contribution in [2.75, 3.05) is 16.2 Å². The summed E-state index contributed by atoms with van der Waals surface area (Å²) in [6, 6.07) is 12.2. The molecule has 164 valence electrons. The number of amides is 1. The minimum Gasteiger partial charge on any atom is -0.299 e. The number of nitrogens with zero attached hydrogens (tertiary/aromatic N) is 3. The van der Waals surface area contributed by atoms with Gasteiger partial charge in [-0.05, 0) is 30.3 Å². The molecular formula is C19H18Cl2N4O3S3. The molecule has 0 aliphatic carbocycles. The molecule has 0 aliphatic heterocycles. The number of aromatic nitrogens is 2. The summed E-state index contributed by atoms with van der Waals surface area (Å²) in [5, 5.41) is 11.6. The van der Waals surface area contributed by atoms with Crippen molar-refractivity contribution in [2.24, 2.45) is 0 Å². The number of nitrogens with one attached hydrogen (secondary N) is 1. The van der Waals surface area contributed by atoms with Crippen molar-refractivity contribution < 1.29 is 13.2 Å². The second-order valence-electron chi connectivity index (χ2n) is 6.51. The highest BCUT2D eigenvalue weighted by atomic mass is 35.5. The van der Waals surface area contributed by atoms with E-state index in [2.05, 4.69) is 15.5 Å². The van der Waals surface area contributed by atoms with Crippen LogP contribution in [0.1, 0.15) is 13.8 Å². The molecule has 3 rings (SSSR count). The van der Waals surface area contributed by atoms with Crippen LogP contribution in [0, 0.1) is 0 Å². The molecule has 1 amide bonds. The Hall–Kier alpha value is -1.85. The van der Waals surface area contributed by atoms with Gasteiger partial charge < -0.3 is 0 Å². The van der Waals surface area contributed by atoms with Crippen LogP contribution in [0.15, 0.2) is 57.8 Å². The molecule has 0 atom stereocenters. The lowest BCUT2D eigenvalue weighted by atomic mass is 10.3. The van der Waals surface area contributed by atoms with Gasteiger partial charge in [-0.3, -0.25) is 14.4 Å². The number of carbonyl (C=O) groups is 1. The molecule has 31 heavy (non-hydrogen) atoms. The molecule has 1 heterocycles. The quantitative estimate of drug-likeness (QED) is 0.327. The van der Waals surface area contributed by atoms with Gasteiger partial charge in [0.2, 0.25) is 11.0 Å². The number of hydrogen-bond acceptors (Lipinski definition) is 7. The molecule has 0 spiro atoms. The maximum Gasteiger partial charge on any atom is 0.264 e. The van der Waals surface area contributed by atoms with E-state index in [0.29, 0.717) is 14.6 Å². The van der Waals surface area contributed by atoms with Crippen LogP contribution in [-0.2, 0) is 14.8 Å². The van der Waals surface area contributed by atoms with Gasteiger partial charge in [-0.2, -0.15) is 0 Å². The largest absolute Gasteiger partial charge is 0.299 e. The summed E-state index contributed by atoms with van der Waals surface area (Å²) in [5.41, 5.74) is 0.137. The van der Waals surface area contributed by atoms with E-state index in [1.165, 1.54) is 53.4 Å². The van der Waals surface area contributed by atoms with E-state index in [1.54, 1.807) is 18.2 Å².